The molecule has 0 aliphatic carbocycles. The van der Waals surface area contributed by atoms with Crippen molar-refractivity contribution < 1.29 is 4.42 Å². The Morgan fingerprint density at radius 1 is 1.25 bits per heavy atom. The summed E-state index contributed by atoms with van der Waals surface area (Å²) >= 11 is 0. The number of hydrogen-bond acceptors (Lipinski definition) is 3. The third-order valence-corrected chi connectivity index (χ3v) is 3.66. The van der Waals surface area contributed by atoms with Crippen LogP contribution in [0.1, 0.15) is 58.4 Å². The Kier molecular flexibility index (Phi) is 4.19. The minimum Gasteiger partial charge on any atom is -0.440 e. The maximum Gasteiger partial charge on any atom is 0.199 e. The lowest BCUT2D eigenvalue weighted by atomic mass is 9.87. The van der Waals surface area contributed by atoms with Crippen LogP contribution < -0.4 is 5.73 Å². The average Bonchev–Trinajstić information content (AvgIpc) is 2.76. The van der Waals surface area contributed by atoms with Gasteiger partial charge >= 0.3 is 0 Å². The van der Waals surface area contributed by atoms with Crippen molar-refractivity contribution in [3.8, 4) is 0 Å². The largest absolute Gasteiger partial charge is 0.440 e. The zero-order valence-corrected chi connectivity index (χ0v) is 13.2. The second-order valence-corrected chi connectivity index (χ2v) is 7.05. The van der Waals surface area contributed by atoms with Gasteiger partial charge in [0.1, 0.15) is 5.52 Å². The number of rotatable bonds is 4. The van der Waals surface area contributed by atoms with E-state index in [0.717, 1.165) is 23.4 Å². The topological polar surface area (TPSA) is 52.0 Å². The van der Waals surface area contributed by atoms with E-state index in [0.29, 0.717) is 12.5 Å². The highest BCUT2D eigenvalue weighted by Crippen LogP contribution is 2.29. The third-order valence-electron chi connectivity index (χ3n) is 3.66. The van der Waals surface area contributed by atoms with Crippen LogP contribution in [0.4, 0.5) is 0 Å². The number of aromatic nitrogens is 1. The average molecular weight is 274 g/mol. The maximum atomic E-state index is 5.90. The zero-order chi connectivity index (χ0) is 14.9. The minimum absolute atomic E-state index is 0.124. The molecule has 1 unspecified atom stereocenters. The summed E-state index contributed by atoms with van der Waals surface area (Å²) in [6.07, 6.45) is 1.01. The predicted molar refractivity (Wildman–Crippen MR) is 84.0 cm³/mol. The van der Waals surface area contributed by atoms with Crippen molar-refractivity contribution in [3.63, 3.8) is 0 Å². The van der Waals surface area contributed by atoms with Gasteiger partial charge in [0.2, 0.25) is 0 Å². The van der Waals surface area contributed by atoms with Crippen molar-refractivity contribution in [1.82, 2.24) is 4.98 Å². The first-order chi connectivity index (χ1) is 9.31. The molecule has 1 atom stereocenters. The maximum absolute atomic E-state index is 5.90. The molecule has 1 heterocycles. The molecular weight excluding hydrogens is 248 g/mol. The van der Waals surface area contributed by atoms with Crippen molar-refractivity contribution >= 4 is 11.1 Å². The first kappa shape index (κ1) is 15.0. The van der Waals surface area contributed by atoms with Gasteiger partial charge in [0.25, 0.3) is 0 Å². The molecule has 0 saturated heterocycles. The molecule has 3 nitrogen and oxygen atoms in total. The molecule has 0 amide bonds. The second kappa shape index (κ2) is 5.57. The predicted octanol–water partition coefficient (Wildman–Crippen LogP) is 4.21. The first-order valence-corrected chi connectivity index (χ1v) is 7.42. The lowest BCUT2D eigenvalue weighted by Crippen LogP contribution is -2.14. The summed E-state index contributed by atoms with van der Waals surface area (Å²) in [5.41, 5.74) is 9.07. The van der Waals surface area contributed by atoms with Crippen LogP contribution in [0.5, 0.6) is 0 Å². The van der Waals surface area contributed by atoms with Crippen LogP contribution in [-0.4, -0.2) is 11.5 Å². The van der Waals surface area contributed by atoms with Crippen molar-refractivity contribution in [2.24, 2.45) is 11.7 Å². The van der Waals surface area contributed by atoms with Crippen molar-refractivity contribution in [1.29, 1.82) is 0 Å². The van der Waals surface area contributed by atoms with Crippen LogP contribution in [0.3, 0.4) is 0 Å². The van der Waals surface area contributed by atoms with Crippen LogP contribution in [-0.2, 0) is 5.41 Å². The Labute approximate surface area is 121 Å². The molecule has 2 rings (SSSR count). The van der Waals surface area contributed by atoms with Gasteiger partial charge < -0.3 is 10.2 Å². The zero-order valence-electron chi connectivity index (χ0n) is 13.2. The Bertz CT molecular complexity index is 578. The summed E-state index contributed by atoms with van der Waals surface area (Å²) in [5.74, 6) is 1.58. The number of fused-ring (bicyclic) bond motifs is 1. The smallest absolute Gasteiger partial charge is 0.199 e. The molecule has 20 heavy (non-hydrogen) atoms. The van der Waals surface area contributed by atoms with Gasteiger partial charge in [-0.05, 0) is 35.4 Å². The molecule has 0 aliphatic rings. The summed E-state index contributed by atoms with van der Waals surface area (Å²) in [6.45, 7) is 11.6. The standard InChI is InChI=1S/C17H26N2O/c1-11(2)8-12(10-18)16-19-14-9-13(17(3,4)5)6-7-15(14)20-16/h6-7,9,11-12H,8,10,18H2,1-5H3. The molecular formula is C17H26N2O. The fraction of sp³-hybridized carbons (Fsp3) is 0.588. The Balaban J connectivity index is 2.38. The van der Waals surface area contributed by atoms with Gasteiger partial charge in [-0.15, -0.1) is 0 Å². The lowest BCUT2D eigenvalue weighted by molar-refractivity contribution is 0.414. The quantitative estimate of drug-likeness (QED) is 0.908. The van der Waals surface area contributed by atoms with Gasteiger partial charge in [-0.1, -0.05) is 40.7 Å². The molecule has 1 aromatic carbocycles. The van der Waals surface area contributed by atoms with Crippen LogP contribution in [0.2, 0.25) is 0 Å². The monoisotopic (exact) mass is 274 g/mol. The van der Waals surface area contributed by atoms with Crippen LogP contribution in [0, 0.1) is 5.92 Å². The van der Waals surface area contributed by atoms with Crippen molar-refractivity contribution in [2.45, 2.75) is 52.4 Å². The highest BCUT2D eigenvalue weighted by atomic mass is 16.3. The van der Waals surface area contributed by atoms with Gasteiger partial charge in [0.05, 0.1) is 0 Å². The lowest BCUT2D eigenvalue weighted by Gasteiger charge is -2.18. The highest BCUT2D eigenvalue weighted by molar-refractivity contribution is 5.73. The van der Waals surface area contributed by atoms with Crippen LogP contribution >= 0.6 is 0 Å². The van der Waals surface area contributed by atoms with Gasteiger partial charge in [0, 0.05) is 12.5 Å². The number of nitrogens with zero attached hydrogens (tertiary/aromatic N) is 1. The number of nitrogens with two attached hydrogens (primary N) is 1. The number of benzene rings is 1. The van der Waals surface area contributed by atoms with Gasteiger partial charge in [-0.25, -0.2) is 4.98 Å². The highest BCUT2D eigenvalue weighted by Gasteiger charge is 2.20. The van der Waals surface area contributed by atoms with E-state index >= 15 is 0 Å². The number of hydrogen-bond donors (Lipinski definition) is 1. The molecule has 2 aromatic rings. The summed E-state index contributed by atoms with van der Waals surface area (Å²) in [7, 11) is 0. The van der Waals surface area contributed by atoms with E-state index in [1.54, 1.807) is 0 Å². The van der Waals surface area contributed by atoms with E-state index in [2.05, 4.69) is 51.7 Å². The van der Waals surface area contributed by atoms with E-state index in [4.69, 9.17) is 10.2 Å². The Hall–Kier alpha value is -1.35. The molecule has 0 saturated carbocycles. The Morgan fingerprint density at radius 3 is 2.50 bits per heavy atom. The van der Waals surface area contributed by atoms with E-state index in [1.807, 2.05) is 6.07 Å². The fourth-order valence-corrected chi connectivity index (χ4v) is 2.45. The van der Waals surface area contributed by atoms with E-state index in [1.165, 1.54) is 5.56 Å². The van der Waals surface area contributed by atoms with Crippen LogP contribution in [0.15, 0.2) is 22.6 Å². The van der Waals surface area contributed by atoms with E-state index in [-0.39, 0.29) is 11.3 Å². The molecule has 1 aromatic heterocycles. The molecule has 0 spiro atoms. The Morgan fingerprint density at radius 2 is 1.95 bits per heavy atom. The van der Waals surface area contributed by atoms with Gasteiger partial charge in [-0.2, -0.15) is 0 Å². The summed E-state index contributed by atoms with van der Waals surface area (Å²) in [4.78, 5) is 4.66. The summed E-state index contributed by atoms with van der Waals surface area (Å²) in [6, 6.07) is 6.28. The first-order valence-electron chi connectivity index (χ1n) is 7.42. The third kappa shape index (κ3) is 3.21. The van der Waals surface area contributed by atoms with Crippen molar-refractivity contribution in [3.05, 3.63) is 29.7 Å². The van der Waals surface area contributed by atoms with Gasteiger partial charge in [0.15, 0.2) is 11.5 Å². The molecule has 0 radical (unpaired) electrons. The van der Waals surface area contributed by atoms with Crippen molar-refractivity contribution in [2.75, 3.05) is 6.54 Å². The van der Waals surface area contributed by atoms with E-state index in [9.17, 15) is 0 Å². The fourth-order valence-electron chi connectivity index (χ4n) is 2.45. The molecule has 0 fully saturated rings. The molecule has 0 bridgehead atoms. The molecule has 2 N–H and O–H groups in total. The summed E-state index contributed by atoms with van der Waals surface area (Å²) in [5, 5.41) is 0. The second-order valence-electron chi connectivity index (χ2n) is 7.05. The normalized spacial score (nSPS) is 14.2. The number of oxazole rings is 1. The van der Waals surface area contributed by atoms with Gasteiger partial charge in [-0.3, -0.25) is 0 Å². The minimum atomic E-state index is 0.124. The SMILES string of the molecule is CC(C)CC(CN)c1nc2cc(C(C)(C)C)ccc2o1. The van der Waals surface area contributed by atoms with E-state index < -0.39 is 0 Å². The summed E-state index contributed by atoms with van der Waals surface area (Å²) < 4.78 is 5.90. The van der Waals surface area contributed by atoms with Crippen LogP contribution in [0.25, 0.3) is 11.1 Å². The molecule has 110 valence electrons. The molecule has 3 heteroatoms. The molecule has 0 aliphatic heterocycles.